The second-order valence-corrected chi connectivity index (χ2v) is 8.38. The fourth-order valence-corrected chi connectivity index (χ4v) is 4.14. The Kier molecular flexibility index (Phi) is 6.98. The number of anilines is 1. The number of amides is 1. The van der Waals surface area contributed by atoms with Crippen LogP contribution in [0.1, 0.15) is 38.9 Å². The molecule has 0 unspecified atom stereocenters. The number of carbonyl (C=O) groups is 1. The minimum Gasteiger partial charge on any atom is -0.415 e. The van der Waals surface area contributed by atoms with Crippen molar-refractivity contribution in [2.24, 2.45) is 0 Å². The van der Waals surface area contributed by atoms with Crippen molar-refractivity contribution in [2.45, 2.75) is 45.7 Å². The van der Waals surface area contributed by atoms with E-state index >= 15 is 0 Å². The zero-order valence-corrected chi connectivity index (χ0v) is 19.7. The molecule has 1 fully saturated rings. The lowest BCUT2D eigenvalue weighted by molar-refractivity contribution is -0.131. The third-order valence-electron chi connectivity index (χ3n) is 6.18. The minimum atomic E-state index is 0. The number of rotatable bonds is 7. The van der Waals surface area contributed by atoms with Gasteiger partial charge in [0.05, 0.1) is 11.9 Å². The Morgan fingerprint density at radius 2 is 1.91 bits per heavy atom. The lowest BCUT2D eigenvalue weighted by Crippen LogP contribution is -2.45. The maximum absolute atomic E-state index is 12.0. The lowest BCUT2D eigenvalue weighted by atomic mass is 10.0. The predicted molar refractivity (Wildman–Crippen MR) is 129 cm³/mol. The SMILES string of the molecule is CCC(=O)N(C)C1CCN(c2cnc(C)c(-c3nnc(-c4ccc(CNC)cc4)o3)n2)CC1.[HH]. The molecule has 1 saturated heterocycles. The van der Waals surface area contributed by atoms with Crippen LogP contribution in [0.5, 0.6) is 0 Å². The van der Waals surface area contributed by atoms with E-state index in [1.165, 1.54) is 5.56 Å². The Balaban J connectivity index is 0.00000324. The van der Waals surface area contributed by atoms with E-state index in [4.69, 9.17) is 9.40 Å². The van der Waals surface area contributed by atoms with E-state index < -0.39 is 0 Å². The molecule has 0 radical (unpaired) electrons. The van der Waals surface area contributed by atoms with E-state index in [1.807, 2.05) is 57.1 Å². The average molecular weight is 452 g/mol. The van der Waals surface area contributed by atoms with E-state index in [2.05, 4.69) is 25.4 Å². The molecule has 176 valence electrons. The number of carbonyl (C=O) groups excluding carboxylic acids is 1. The van der Waals surface area contributed by atoms with Gasteiger partial charge in [-0.1, -0.05) is 19.1 Å². The summed E-state index contributed by atoms with van der Waals surface area (Å²) in [6.45, 7) is 6.23. The molecule has 0 saturated carbocycles. The van der Waals surface area contributed by atoms with E-state index in [-0.39, 0.29) is 13.4 Å². The van der Waals surface area contributed by atoms with Gasteiger partial charge >= 0.3 is 0 Å². The van der Waals surface area contributed by atoms with Gasteiger partial charge in [0.2, 0.25) is 11.8 Å². The largest absolute Gasteiger partial charge is 0.415 e. The number of hydrogen-bond donors (Lipinski definition) is 1. The van der Waals surface area contributed by atoms with Crippen molar-refractivity contribution in [1.29, 1.82) is 0 Å². The van der Waals surface area contributed by atoms with Gasteiger partial charge in [-0.3, -0.25) is 9.78 Å². The molecule has 3 aromatic rings. The van der Waals surface area contributed by atoms with Crippen LogP contribution in [-0.4, -0.2) is 64.2 Å². The number of aryl methyl sites for hydroxylation is 1. The molecule has 1 aromatic carbocycles. The molecule has 1 amide bonds. The summed E-state index contributed by atoms with van der Waals surface area (Å²) in [6, 6.07) is 8.30. The zero-order chi connectivity index (χ0) is 23.4. The first kappa shape index (κ1) is 22.8. The number of hydrogen-bond acceptors (Lipinski definition) is 8. The van der Waals surface area contributed by atoms with Crippen LogP contribution in [0.3, 0.4) is 0 Å². The van der Waals surface area contributed by atoms with Crippen LogP contribution in [0.2, 0.25) is 0 Å². The van der Waals surface area contributed by atoms with Crippen LogP contribution in [0.4, 0.5) is 5.82 Å². The first-order valence-electron chi connectivity index (χ1n) is 11.4. The molecule has 9 heteroatoms. The van der Waals surface area contributed by atoms with E-state index in [0.29, 0.717) is 23.9 Å². The standard InChI is InChI=1S/C24H31N7O2.H2/c1-5-21(32)30(4)19-10-12-31(13-11-19)20-15-26-16(2)22(27-20)24-29-28-23(33-24)18-8-6-17(7-9-18)14-25-3;/h6-9,15,19,25H,5,10-14H2,1-4H3;1H. The topological polar surface area (TPSA) is 100 Å². The summed E-state index contributed by atoms with van der Waals surface area (Å²) in [5.41, 5.74) is 3.38. The van der Waals surface area contributed by atoms with E-state index in [1.54, 1.807) is 6.20 Å². The Morgan fingerprint density at radius 1 is 1.21 bits per heavy atom. The van der Waals surface area contributed by atoms with Crippen LogP contribution in [-0.2, 0) is 11.3 Å². The normalized spacial score (nSPS) is 14.5. The Bertz CT molecular complexity index is 1090. The zero-order valence-electron chi connectivity index (χ0n) is 19.7. The molecule has 1 aliphatic rings. The van der Waals surface area contributed by atoms with Crippen LogP contribution >= 0.6 is 0 Å². The highest BCUT2D eigenvalue weighted by molar-refractivity contribution is 5.75. The van der Waals surface area contributed by atoms with Gasteiger partial charge < -0.3 is 19.5 Å². The van der Waals surface area contributed by atoms with Crippen LogP contribution in [0.25, 0.3) is 23.0 Å². The molecule has 1 aliphatic heterocycles. The Labute approximate surface area is 195 Å². The molecular weight excluding hydrogens is 418 g/mol. The van der Waals surface area contributed by atoms with E-state index in [0.717, 1.165) is 49.6 Å². The predicted octanol–water partition coefficient (Wildman–Crippen LogP) is 3.30. The molecule has 4 rings (SSSR count). The van der Waals surface area contributed by atoms with Crippen molar-refractivity contribution in [3.63, 3.8) is 0 Å². The summed E-state index contributed by atoms with van der Waals surface area (Å²) in [4.78, 5) is 25.5. The molecule has 9 nitrogen and oxygen atoms in total. The molecular formula is C24H33N7O2. The van der Waals surface area contributed by atoms with Crippen LogP contribution in [0, 0.1) is 6.92 Å². The van der Waals surface area contributed by atoms with Gasteiger partial charge in [-0.05, 0) is 44.5 Å². The maximum atomic E-state index is 12.0. The highest BCUT2D eigenvalue weighted by Crippen LogP contribution is 2.27. The van der Waals surface area contributed by atoms with Gasteiger partial charge in [-0.15, -0.1) is 10.2 Å². The second kappa shape index (κ2) is 10.1. The second-order valence-electron chi connectivity index (χ2n) is 8.38. The summed E-state index contributed by atoms with van der Waals surface area (Å²) in [6.07, 6.45) is 4.14. The van der Waals surface area contributed by atoms with Crippen molar-refractivity contribution in [3.05, 3.63) is 41.7 Å². The molecule has 0 aliphatic carbocycles. The highest BCUT2D eigenvalue weighted by Gasteiger charge is 2.26. The summed E-state index contributed by atoms with van der Waals surface area (Å²) in [7, 11) is 3.82. The minimum absolute atomic E-state index is 0. The molecule has 0 bridgehead atoms. The molecule has 33 heavy (non-hydrogen) atoms. The molecule has 1 N–H and O–H groups in total. The summed E-state index contributed by atoms with van der Waals surface area (Å²) in [5.74, 6) is 1.79. The number of piperidine rings is 1. The smallest absolute Gasteiger partial charge is 0.268 e. The van der Waals surface area contributed by atoms with Crippen molar-refractivity contribution in [3.8, 4) is 23.0 Å². The van der Waals surface area contributed by atoms with Crippen molar-refractivity contribution in [2.75, 3.05) is 32.1 Å². The fourth-order valence-electron chi connectivity index (χ4n) is 4.14. The highest BCUT2D eigenvalue weighted by atomic mass is 16.4. The quantitative estimate of drug-likeness (QED) is 0.584. The van der Waals surface area contributed by atoms with Crippen molar-refractivity contribution >= 4 is 11.7 Å². The summed E-state index contributed by atoms with van der Waals surface area (Å²) < 4.78 is 5.96. The van der Waals surface area contributed by atoms with Crippen LogP contribution < -0.4 is 10.2 Å². The summed E-state index contributed by atoms with van der Waals surface area (Å²) in [5, 5.41) is 11.6. The molecule has 0 spiro atoms. The lowest BCUT2D eigenvalue weighted by Gasteiger charge is -2.37. The first-order valence-corrected chi connectivity index (χ1v) is 11.4. The van der Waals surface area contributed by atoms with Gasteiger partial charge in [0, 0.05) is 46.1 Å². The van der Waals surface area contributed by atoms with Crippen molar-refractivity contribution in [1.82, 2.24) is 30.4 Å². The Hall–Kier alpha value is -3.33. The van der Waals surface area contributed by atoms with Gasteiger partial charge in [0.1, 0.15) is 5.82 Å². The first-order chi connectivity index (χ1) is 16.0. The fraction of sp³-hybridized carbons (Fsp3) is 0.458. The molecule has 2 aromatic heterocycles. The Morgan fingerprint density at radius 3 is 2.58 bits per heavy atom. The molecule has 0 atom stereocenters. The van der Waals surface area contributed by atoms with Crippen LogP contribution in [0.15, 0.2) is 34.9 Å². The third-order valence-corrected chi connectivity index (χ3v) is 6.18. The third kappa shape index (κ3) is 5.03. The van der Waals surface area contributed by atoms with Gasteiger partial charge in [-0.2, -0.15) is 0 Å². The van der Waals surface area contributed by atoms with Crippen molar-refractivity contribution < 1.29 is 10.6 Å². The van der Waals surface area contributed by atoms with Gasteiger partial charge in [0.25, 0.3) is 5.89 Å². The number of aromatic nitrogens is 4. The average Bonchev–Trinajstić information content (AvgIpc) is 3.34. The molecule has 3 heterocycles. The number of benzene rings is 1. The monoisotopic (exact) mass is 451 g/mol. The van der Waals surface area contributed by atoms with Gasteiger partial charge in [-0.25, -0.2) is 4.98 Å². The van der Waals surface area contributed by atoms with E-state index in [9.17, 15) is 4.79 Å². The number of nitrogens with zero attached hydrogens (tertiary/aromatic N) is 6. The summed E-state index contributed by atoms with van der Waals surface area (Å²) >= 11 is 0. The van der Waals surface area contributed by atoms with Gasteiger partial charge in [0.15, 0.2) is 5.69 Å². The number of nitrogens with one attached hydrogen (secondary N) is 1. The maximum Gasteiger partial charge on any atom is 0.268 e.